The van der Waals surface area contributed by atoms with Crippen LogP contribution in [0, 0.1) is 6.92 Å². The molecule has 21 heavy (non-hydrogen) atoms. The van der Waals surface area contributed by atoms with Gasteiger partial charge in [0, 0.05) is 6.20 Å². The van der Waals surface area contributed by atoms with Crippen LogP contribution in [0.3, 0.4) is 0 Å². The van der Waals surface area contributed by atoms with Crippen molar-refractivity contribution in [3.8, 4) is 0 Å². The Bertz CT molecular complexity index is 686. The third-order valence-corrected chi connectivity index (χ3v) is 3.04. The number of carbonyl (C=O) groups is 2. The Morgan fingerprint density at radius 1 is 1.14 bits per heavy atom. The second-order valence-corrected chi connectivity index (χ2v) is 4.87. The molecule has 2 N–H and O–H groups in total. The molecule has 0 spiro atoms. The molecule has 0 atom stereocenters. The van der Waals surface area contributed by atoms with Gasteiger partial charge < -0.3 is 0 Å². The average Bonchev–Trinajstić information content (AvgIpc) is 2.38. The van der Waals surface area contributed by atoms with E-state index in [0.29, 0.717) is 5.69 Å². The van der Waals surface area contributed by atoms with Gasteiger partial charge in [0.05, 0.1) is 27.5 Å². The number of rotatable bonds is 2. The van der Waals surface area contributed by atoms with E-state index in [2.05, 4.69) is 20.6 Å². The van der Waals surface area contributed by atoms with Crippen LogP contribution in [0.25, 0.3) is 0 Å². The van der Waals surface area contributed by atoms with Crippen LogP contribution in [-0.4, -0.2) is 21.9 Å². The Labute approximate surface area is 130 Å². The standard InChI is InChI=1S/C13H10Cl2N4O2/c1-7-5-16-6-10(17-7)18-13(21)19-12(20)11-8(14)3-2-4-9(11)15/h2-6H,1H3,(H2,17,18,19,20,21). The van der Waals surface area contributed by atoms with Crippen molar-refractivity contribution in [1.82, 2.24) is 15.3 Å². The van der Waals surface area contributed by atoms with Crippen molar-refractivity contribution in [3.05, 3.63) is 51.9 Å². The van der Waals surface area contributed by atoms with E-state index < -0.39 is 11.9 Å². The number of benzene rings is 1. The molecule has 3 amide bonds. The van der Waals surface area contributed by atoms with Crippen LogP contribution in [0.4, 0.5) is 10.6 Å². The minimum Gasteiger partial charge on any atom is -0.291 e. The molecule has 1 heterocycles. The van der Waals surface area contributed by atoms with Crippen molar-refractivity contribution in [1.29, 1.82) is 0 Å². The van der Waals surface area contributed by atoms with Crippen molar-refractivity contribution >= 4 is 41.0 Å². The lowest BCUT2D eigenvalue weighted by Crippen LogP contribution is -2.35. The first-order chi connectivity index (χ1) is 9.97. The van der Waals surface area contributed by atoms with Crippen LogP contribution in [0.1, 0.15) is 16.1 Å². The SMILES string of the molecule is Cc1cncc(NC(=O)NC(=O)c2c(Cl)cccc2Cl)n1. The third kappa shape index (κ3) is 3.90. The molecule has 0 aliphatic heterocycles. The lowest BCUT2D eigenvalue weighted by molar-refractivity contribution is 0.0967. The van der Waals surface area contributed by atoms with Gasteiger partial charge in [-0.25, -0.2) is 9.78 Å². The van der Waals surface area contributed by atoms with Gasteiger partial charge >= 0.3 is 6.03 Å². The quantitative estimate of drug-likeness (QED) is 0.889. The first kappa shape index (κ1) is 15.2. The molecular weight excluding hydrogens is 315 g/mol. The number of nitrogens with zero attached hydrogens (tertiary/aromatic N) is 2. The van der Waals surface area contributed by atoms with Gasteiger partial charge in [0.15, 0.2) is 5.82 Å². The number of aryl methyl sites for hydroxylation is 1. The smallest absolute Gasteiger partial charge is 0.291 e. The van der Waals surface area contributed by atoms with E-state index in [1.165, 1.54) is 24.5 Å². The van der Waals surface area contributed by atoms with Crippen LogP contribution >= 0.6 is 23.2 Å². The molecule has 0 unspecified atom stereocenters. The first-order valence-electron chi connectivity index (χ1n) is 5.82. The highest BCUT2D eigenvalue weighted by atomic mass is 35.5. The van der Waals surface area contributed by atoms with Gasteiger partial charge in [0.1, 0.15) is 0 Å². The predicted molar refractivity (Wildman–Crippen MR) is 79.7 cm³/mol. The van der Waals surface area contributed by atoms with E-state index in [9.17, 15) is 9.59 Å². The number of imide groups is 1. The summed E-state index contributed by atoms with van der Waals surface area (Å²) >= 11 is 11.8. The molecule has 0 radical (unpaired) electrons. The lowest BCUT2D eigenvalue weighted by atomic mass is 10.2. The molecule has 1 aromatic heterocycles. The van der Waals surface area contributed by atoms with E-state index in [-0.39, 0.29) is 21.4 Å². The summed E-state index contributed by atoms with van der Waals surface area (Å²) in [6.45, 7) is 1.73. The number of aromatic nitrogens is 2. The zero-order valence-corrected chi connectivity index (χ0v) is 12.4. The lowest BCUT2D eigenvalue weighted by Gasteiger charge is -2.08. The first-order valence-corrected chi connectivity index (χ1v) is 6.58. The number of anilines is 1. The summed E-state index contributed by atoms with van der Waals surface area (Å²) in [6, 6.07) is 3.86. The molecule has 0 saturated heterocycles. The number of nitrogens with one attached hydrogen (secondary N) is 2. The van der Waals surface area contributed by atoms with Gasteiger partial charge in [-0.05, 0) is 19.1 Å². The molecule has 0 saturated carbocycles. The fourth-order valence-electron chi connectivity index (χ4n) is 1.55. The van der Waals surface area contributed by atoms with E-state index in [4.69, 9.17) is 23.2 Å². The molecule has 0 aliphatic rings. The predicted octanol–water partition coefficient (Wildman–Crippen LogP) is 3.05. The maximum Gasteiger partial charge on any atom is 0.327 e. The maximum absolute atomic E-state index is 12.0. The average molecular weight is 325 g/mol. The van der Waals surface area contributed by atoms with Crippen molar-refractivity contribution in [2.75, 3.05) is 5.32 Å². The summed E-state index contributed by atoms with van der Waals surface area (Å²) in [4.78, 5) is 31.6. The van der Waals surface area contributed by atoms with Gasteiger partial charge in [-0.15, -0.1) is 0 Å². The number of halogens is 2. The Balaban J connectivity index is 2.08. The number of hydrogen-bond acceptors (Lipinski definition) is 4. The van der Waals surface area contributed by atoms with Gasteiger partial charge in [0.25, 0.3) is 5.91 Å². The Kier molecular flexibility index (Phi) is 4.72. The van der Waals surface area contributed by atoms with Crippen molar-refractivity contribution in [3.63, 3.8) is 0 Å². The fourth-order valence-corrected chi connectivity index (χ4v) is 2.12. The summed E-state index contributed by atoms with van der Waals surface area (Å²) in [5, 5.41) is 4.82. The van der Waals surface area contributed by atoms with E-state index in [1.807, 2.05) is 0 Å². The summed E-state index contributed by atoms with van der Waals surface area (Å²) in [5.74, 6) is -0.478. The zero-order valence-electron chi connectivity index (χ0n) is 10.9. The maximum atomic E-state index is 12.0. The van der Waals surface area contributed by atoms with Crippen molar-refractivity contribution in [2.45, 2.75) is 6.92 Å². The van der Waals surface area contributed by atoms with Crippen LogP contribution < -0.4 is 10.6 Å². The topological polar surface area (TPSA) is 84.0 Å². The third-order valence-electron chi connectivity index (χ3n) is 2.41. The summed E-state index contributed by atoms with van der Waals surface area (Å²) < 4.78 is 0. The summed E-state index contributed by atoms with van der Waals surface area (Å²) in [5.41, 5.74) is 0.666. The van der Waals surface area contributed by atoms with E-state index >= 15 is 0 Å². The van der Waals surface area contributed by atoms with Crippen LogP contribution in [0.15, 0.2) is 30.6 Å². The number of amides is 3. The Morgan fingerprint density at radius 3 is 2.43 bits per heavy atom. The molecule has 0 fully saturated rings. The molecule has 2 rings (SSSR count). The van der Waals surface area contributed by atoms with Crippen LogP contribution in [0.5, 0.6) is 0 Å². The van der Waals surface area contributed by atoms with E-state index in [0.717, 1.165) is 0 Å². The highest BCUT2D eigenvalue weighted by Crippen LogP contribution is 2.23. The Morgan fingerprint density at radius 2 is 1.81 bits per heavy atom. The summed E-state index contributed by atoms with van der Waals surface area (Å²) in [6.07, 6.45) is 2.90. The van der Waals surface area contributed by atoms with E-state index in [1.54, 1.807) is 13.0 Å². The summed E-state index contributed by atoms with van der Waals surface area (Å²) in [7, 11) is 0. The van der Waals surface area contributed by atoms with Gasteiger partial charge in [-0.2, -0.15) is 0 Å². The van der Waals surface area contributed by atoms with Gasteiger partial charge in [-0.3, -0.25) is 20.4 Å². The highest BCUT2D eigenvalue weighted by molar-refractivity contribution is 6.40. The van der Waals surface area contributed by atoms with Crippen LogP contribution in [0.2, 0.25) is 10.0 Å². The molecule has 2 aromatic rings. The molecule has 0 aliphatic carbocycles. The minimum atomic E-state index is -0.754. The number of hydrogen-bond donors (Lipinski definition) is 2. The molecule has 108 valence electrons. The zero-order chi connectivity index (χ0) is 15.4. The normalized spacial score (nSPS) is 10.0. The minimum absolute atomic E-state index is 0.0336. The molecule has 1 aromatic carbocycles. The largest absolute Gasteiger partial charge is 0.327 e. The molecule has 0 bridgehead atoms. The van der Waals surface area contributed by atoms with Gasteiger partial charge in [0.2, 0.25) is 0 Å². The molecule has 8 heteroatoms. The highest BCUT2D eigenvalue weighted by Gasteiger charge is 2.17. The second kappa shape index (κ2) is 6.51. The molecule has 6 nitrogen and oxygen atoms in total. The number of carbonyl (C=O) groups excluding carboxylic acids is 2. The van der Waals surface area contributed by atoms with Crippen molar-refractivity contribution in [2.24, 2.45) is 0 Å². The fraction of sp³-hybridized carbons (Fsp3) is 0.0769. The second-order valence-electron chi connectivity index (χ2n) is 4.05. The Hall–Kier alpha value is -2.18. The van der Waals surface area contributed by atoms with Crippen LogP contribution in [-0.2, 0) is 0 Å². The molecular formula is C13H10Cl2N4O2. The van der Waals surface area contributed by atoms with Crippen molar-refractivity contribution < 1.29 is 9.59 Å². The monoisotopic (exact) mass is 324 g/mol. The van der Waals surface area contributed by atoms with Gasteiger partial charge in [-0.1, -0.05) is 29.3 Å². The number of urea groups is 1.